The molecule has 25 heavy (non-hydrogen) atoms. The van der Waals surface area contributed by atoms with E-state index in [-0.39, 0.29) is 5.91 Å². The van der Waals surface area contributed by atoms with Crippen molar-refractivity contribution in [2.75, 3.05) is 32.7 Å². The molecule has 0 saturated carbocycles. The fourth-order valence-corrected chi connectivity index (χ4v) is 2.82. The molecule has 7 heteroatoms. The summed E-state index contributed by atoms with van der Waals surface area (Å²) < 4.78 is 26.3. The van der Waals surface area contributed by atoms with E-state index in [0.717, 1.165) is 38.5 Å². The molecule has 0 aliphatic carbocycles. The Bertz CT molecular complexity index is 586. The van der Waals surface area contributed by atoms with Crippen LogP contribution in [0.5, 0.6) is 0 Å². The van der Waals surface area contributed by atoms with Gasteiger partial charge in [-0.3, -0.25) is 9.79 Å². The van der Waals surface area contributed by atoms with Crippen molar-refractivity contribution in [2.24, 2.45) is 4.99 Å². The molecule has 0 bridgehead atoms. The van der Waals surface area contributed by atoms with Gasteiger partial charge < -0.3 is 15.5 Å². The van der Waals surface area contributed by atoms with E-state index in [1.165, 1.54) is 12.1 Å². The number of hydrogen-bond acceptors (Lipinski definition) is 2. The largest absolute Gasteiger partial charge is 0.357 e. The van der Waals surface area contributed by atoms with Crippen LogP contribution in [0.15, 0.2) is 23.2 Å². The topological polar surface area (TPSA) is 56.7 Å². The van der Waals surface area contributed by atoms with Crippen molar-refractivity contribution in [1.82, 2.24) is 15.5 Å². The van der Waals surface area contributed by atoms with Crippen molar-refractivity contribution in [2.45, 2.75) is 32.6 Å². The van der Waals surface area contributed by atoms with E-state index < -0.39 is 11.6 Å². The van der Waals surface area contributed by atoms with E-state index in [4.69, 9.17) is 0 Å². The average molecular weight is 352 g/mol. The lowest BCUT2D eigenvalue weighted by Gasteiger charge is -2.15. The van der Waals surface area contributed by atoms with Crippen molar-refractivity contribution in [1.29, 1.82) is 0 Å². The second-order valence-electron chi connectivity index (χ2n) is 6.05. The molecule has 1 heterocycles. The highest BCUT2D eigenvalue weighted by molar-refractivity contribution is 5.79. The van der Waals surface area contributed by atoms with Crippen LogP contribution in [0.2, 0.25) is 0 Å². The Morgan fingerprint density at radius 1 is 1.24 bits per heavy atom. The van der Waals surface area contributed by atoms with E-state index in [1.807, 2.05) is 11.8 Å². The first-order valence-corrected chi connectivity index (χ1v) is 8.83. The Morgan fingerprint density at radius 3 is 2.64 bits per heavy atom. The minimum Gasteiger partial charge on any atom is -0.357 e. The van der Waals surface area contributed by atoms with Crippen LogP contribution >= 0.6 is 0 Å². The van der Waals surface area contributed by atoms with Crippen molar-refractivity contribution < 1.29 is 13.6 Å². The van der Waals surface area contributed by atoms with Crippen molar-refractivity contribution >= 4 is 11.9 Å². The first kappa shape index (κ1) is 19.1. The first-order valence-electron chi connectivity index (χ1n) is 8.83. The molecule has 2 N–H and O–H groups in total. The van der Waals surface area contributed by atoms with Crippen molar-refractivity contribution in [3.05, 3.63) is 35.4 Å². The molecule has 1 aromatic carbocycles. The summed E-state index contributed by atoms with van der Waals surface area (Å²) in [4.78, 5) is 17.9. The number of guanidine groups is 1. The van der Waals surface area contributed by atoms with E-state index >= 15 is 0 Å². The maximum absolute atomic E-state index is 13.2. The SMILES string of the molecule is CCNC(=NCCCN1CCCC1=O)NCCc1cc(F)cc(F)c1. The predicted octanol–water partition coefficient (Wildman–Crippen LogP) is 2.07. The second kappa shape index (κ2) is 9.96. The Balaban J connectivity index is 1.74. The minimum absolute atomic E-state index is 0.233. The smallest absolute Gasteiger partial charge is 0.222 e. The van der Waals surface area contributed by atoms with Crippen LogP contribution in [0.25, 0.3) is 0 Å². The number of benzene rings is 1. The standard InChI is InChI=1S/C18H26F2N4O/c1-2-21-18(22-7-4-10-24-9-3-5-17(24)25)23-8-6-14-11-15(19)13-16(20)12-14/h11-13H,2-10H2,1H3,(H2,21,22,23). The number of aliphatic imine (C=N–C) groups is 1. The molecule has 0 radical (unpaired) electrons. The molecule has 0 spiro atoms. The van der Waals surface area contributed by atoms with Crippen LogP contribution in [0.3, 0.4) is 0 Å². The van der Waals surface area contributed by atoms with Crippen molar-refractivity contribution in [3.8, 4) is 0 Å². The van der Waals surface area contributed by atoms with E-state index in [0.29, 0.717) is 37.5 Å². The van der Waals surface area contributed by atoms with Gasteiger partial charge in [0.2, 0.25) is 5.91 Å². The summed E-state index contributed by atoms with van der Waals surface area (Å²) in [5, 5.41) is 6.30. The van der Waals surface area contributed by atoms with Crippen LogP contribution in [0.4, 0.5) is 8.78 Å². The number of carbonyl (C=O) groups is 1. The third-order valence-electron chi connectivity index (χ3n) is 4.00. The number of rotatable bonds is 8. The quantitative estimate of drug-likeness (QED) is 0.428. The zero-order valence-electron chi connectivity index (χ0n) is 14.7. The van der Waals surface area contributed by atoms with Gasteiger partial charge in [0.15, 0.2) is 5.96 Å². The summed E-state index contributed by atoms with van der Waals surface area (Å²) in [5.41, 5.74) is 0.605. The molecule has 0 unspecified atom stereocenters. The number of carbonyl (C=O) groups excluding carboxylic acids is 1. The van der Waals surface area contributed by atoms with Gasteiger partial charge in [-0.05, 0) is 43.9 Å². The summed E-state index contributed by atoms with van der Waals surface area (Å²) >= 11 is 0. The number of halogens is 2. The van der Waals surface area contributed by atoms with E-state index in [9.17, 15) is 13.6 Å². The Morgan fingerprint density at radius 2 is 2.00 bits per heavy atom. The highest BCUT2D eigenvalue weighted by atomic mass is 19.1. The molecule has 1 amide bonds. The Labute approximate surface area is 147 Å². The Kier molecular flexibility index (Phi) is 7.63. The van der Waals surface area contributed by atoms with Gasteiger partial charge in [-0.1, -0.05) is 0 Å². The van der Waals surface area contributed by atoms with Crippen LogP contribution in [-0.2, 0) is 11.2 Å². The maximum atomic E-state index is 13.2. The van der Waals surface area contributed by atoms with Gasteiger partial charge in [-0.2, -0.15) is 0 Å². The number of hydrogen-bond donors (Lipinski definition) is 2. The first-order chi connectivity index (χ1) is 12.1. The molecule has 2 rings (SSSR count). The summed E-state index contributed by atoms with van der Waals surface area (Å²) in [7, 11) is 0. The second-order valence-corrected chi connectivity index (χ2v) is 6.05. The number of nitrogens with zero attached hydrogens (tertiary/aromatic N) is 2. The van der Waals surface area contributed by atoms with E-state index in [1.54, 1.807) is 0 Å². The summed E-state index contributed by atoms with van der Waals surface area (Å²) in [6.07, 6.45) is 2.93. The van der Waals surface area contributed by atoms with Crippen molar-refractivity contribution in [3.63, 3.8) is 0 Å². The number of likely N-dealkylation sites (tertiary alicyclic amines) is 1. The van der Waals surface area contributed by atoms with Crippen LogP contribution in [0, 0.1) is 11.6 Å². The fourth-order valence-electron chi connectivity index (χ4n) is 2.82. The van der Waals surface area contributed by atoms with Gasteiger partial charge in [0, 0.05) is 45.2 Å². The lowest BCUT2D eigenvalue weighted by Crippen LogP contribution is -2.38. The highest BCUT2D eigenvalue weighted by Gasteiger charge is 2.18. The normalized spacial score (nSPS) is 14.9. The monoisotopic (exact) mass is 352 g/mol. The fraction of sp³-hybridized carbons (Fsp3) is 0.556. The molecular formula is C18H26F2N4O. The molecule has 1 saturated heterocycles. The molecule has 0 aromatic heterocycles. The molecule has 1 aliphatic heterocycles. The molecule has 1 aliphatic rings. The Hall–Kier alpha value is -2.18. The number of nitrogens with one attached hydrogen (secondary N) is 2. The average Bonchev–Trinajstić information content (AvgIpc) is 2.95. The third-order valence-corrected chi connectivity index (χ3v) is 4.00. The van der Waals surface area contributed by atoms with E-state index in [2.05, 4.69) is 15.6 Å². The van der Waals surface area contributed by atoms with Gasteiger partial charge >= 0.3 is 0 Å². The third kappa shape index (κ3) is 6.68. The molecule has 5 nitrogen and oxygen atoms in total. The van der Waals surface area contributed by atoms with Crippen LogP contribution < -0.4 is 10.6 Å². The number of amides is 1. The lowest BCUT2D eigenvalue weighted by atomic mass is 10.1. The van der Waals surface area contributed by atoms with Gasteiger partial charge in [0.05, 0.1) is 0 Å². The molecule has 1 aromatic rings. The van der Waals surface area contributed by atoms with Crippen LogP contribution in [0.1, 0.15) is 31.7 Å². The predicted molar refractivity (Wildman–Crippen MR) is 94.5 cm³/mol. The van der Waals surface area contributed by atoms with Gasteiger partial charge in [0.25, 0.3) is 0 Å². The summed E-state index contributed by atoms with van der Waals surface area (Å²) in [6, 6.07) is 3.54. The van der Waals surface area contributed by atoms with Gasteiger partial charge in [-0.25, -0.2) is 8.78 Å². The molecular weight excluding hydrogens is 326 g/mol. The van der Waals surface area contributed by atoms with Crippen LogP contribution in [-0.4, -0.2) is 49.5 Å². The molecule has 0 atom stereocenters. The van der Waals surface area contributed by atoms with Gasteiger partial charge in [0.1, 0.15) is 11.6 Å². The highest BCUT2D eigenvalue weighted by Crippen LogP contribution is 2.10. The van der Waals surface area contributed by atoms with Gasteiger partial charge in [-0.15, -0.1) is 0 Å². The zero-order chi connectivity index (χ0) is 18.1. The summed E-state index contributed by atoms with van der Waals surface area (Å²) in [6.45, 7) is 5.44. The summed E-state index contributed by atoms with van der Waals surface area (Å²) in [5.74, 6) is -0.220. The zero-order valence-corrected chi connectivity index (χ0v) is 14.7. The molecule has 1 fully saturated rings. The minimum atomic E-state index is -0.563. The maximum Gasteiger partial charge on any atom is 0.222 e. The lowest BCUT2D eigenvalue weighted by molar-refractivity contribution is -0.127. The molecule has 138 valence electrons.